The van der Waals surface area contributed by atoms with Gasteiger partial charge in [0.15, 0.2) is 0 Å². The van der Waals surface area contributed by atoms with Crippen molar-refractivity contribution in [1.82, 2.24) is 0 Å². The number of hydrogen-bond donors (Lipinski definition) is 2. The van der Waals surface area contributed by atoms with Crippen LogP contribution >= 0.6 is 0 Å². The highest BCUT2D eigenvalue weighted by Crippen LogP contribution is 2.29. The fourth-order valence-electron chi connectivity index (χ4n) is 2.66. The minimum Gasteiger partial charge on any atom is -0.397 e. The van der Waals surface area contributed by atoms with E-state index in [4.69, 9.17) is 5.73 Å². The molecule has 16 heavy (non-hydrogen) atoms. The van der Waals surface area contributed by atoms with Gasteiger partial charge in [-0.2, -0.15) is 0 Å². The average molecular weight is 218 g/mol. The number of anilines is 2. The molecule has 1 saturated carbocycles. The molecule has 0 unspecified atom stereocenters. The summed E-state index contributed by atoms with van der Waals surface area (Å²) >= 11 is 0. The van der Waals surface area contributed by atoms with Crippen LogP contribution in [0.5, 0.6) is 0 Å². The second-order valence-electron chi connectivity index (χ2n) is 5.11. The van der Waals surface area contributed by atoms with E-state index in [9.17, 15) is 0 Å². The van der Waals surface area contributed by atoms with Crippen LogP contribution in [-0.4, -0.2) is 6.54 Å². The van der Waals surface area contributed by atoms with Crippen molar-refractivity contribution in [2.45, 2.75) is 32.6 Å². The molecule has 0 radical (unpaired) electrons. The van der Waals surface area contributed by atoms with Gasteiger partial charge in [-0.1, -0.05) is 31.9 Å². The number of benzene rings is 1. The number of hydrogen-bond acceptors (Lipinski definition) is 2. The third-order valence-electron chi connectivity index (χ3n) is 3.59. The Labute approximate surface area is 98.2 Å². The van der Waals surface area contributed by atoms with Gasteiger partial charge in [0, 0.05) is 6.54 Å². The molecule has 88 valence electrons. The van der Waals surface area contributed by atoms with Gasteiger partial charge in [-0.05, 0) is 36.8 Å². The number of nitrogens with one attached hydrogen (secondary N) is 1. The van der Waals surface area contributed by atoms with E-state index in [2.05, 4.69) is 18.3 Å². The summed E-state index contributed by atoms with van der Waals surface area (Å²) in [5, 5.41) is 3.48. The van der Waals surface area contributed by atoms with Gasteiger partial charge in [-0.25, -0.2) is 0 Å². The third-order valence-corrected chi connectivity index (χ3v) is 3.59. The Morgan fingerprint density at radius 2 is 2.12 bits per heavy atom. The Morgan fingerprint density at radius 1 is 1.31 bits per heavy atom. The van der Waals surface area contributed by atoms with Crippen LogP contribution in [0.4, 0.5) is 11.4 Å². The Balaban J connectivity index is 1.85. The molecule has 0 heterocycles. The second kappa shape index (κ2) is 5.24. The van der Waals surface area contributed by atoms with Crippen molar-refractivity contribution in [2.24, 2.45) is 11.8 Å². The molecule has 0 aliphatic heterocycles. The van der Waals surface area contributed by atoms with Gasteiger partial charge in [0.25, 0.3) is 0 Å². The highest BCUT2D eigenvalue weighted by atomic mass is 14.9. The summed E-state index contributed by atoms with van der Waals surface area (Å²) < 4.78 is 0. The Kier molecular flexibility index (Phi) is 3.70. The molecule has 2 heteroatoms. The van der Waals surface area contributed by atoms with Crippen LogP contribution < -0.4 is 11.1 Å². The first-order valence-electron chi connectivity index (χ1n) is 6.34. The van der Waals surface area contributed by atoms with Crippen LogP contribution in [-0.2, 0) is 0 Å². The zero-order chi connectivity index (χ0) is 11.4. The molecular weight excluding hydrogens is 196 g/mol. The maximum absolute atomic E-state index is 5.90. The van der Waals surface area contributed by atoms with Crippen molar-refractivity contribution in [3.63, 3.8) is 0 Å². The summed E-state index contributed by atoms with van der Waals surface area (Å²) in [6, 6.07) is 8.01. The predicted molar refractivity (Wildman–Crippen MR) is 70.5 cm³/mol. The van der Waals surface area contributed by atoms with E-state index >= 15 is 0 Å². The molecule has 1 aliphatic carbocycles. The van der Waals surface area contributed by atoms with Crippen LogP contribution in [0.25, 0.3) is 0 Å². The van der Waals surface area contributed by atoms with Crippen molar-refractivity contribution in [1.29, 1.82) is 0 Å². The fraction of sp³-hybridized carbons (Fsp3) is 0.571. The van der Waals surface area contributed by atoms with E-state index in [1.54, 1.807) is 0 Å². The quantitative estimate of drug-likeness (QED) is 0.762. The molecule has 0 spiro atoms. The van der Waals surface area contributed by atoms with Crippen LogP contribution in [0, 0.1) is 11.8 Å². The molecule has 1 fully saturated rings. The first-order chi connectivity index (χ1) is 7.75. The summed E-state index contributed by atoms with van der Waals surface area (Å²) in [5.41, 5.74) is 7.84. The lowest BCUT2D eigenvalue weighted by atomic mass is 9.82. The highest BCUT2D eigenvalue weighted by Gasteiger charge is 2.18. The highest BCUT2D eigenvalue weighted by molar-refractivity contribution is 5.65. The largest absolute Gasteiger partial charge is 0.397 e. The first kappa shape index (κ1) is 11.3. The number of nitrogens with two attached hydrogens (primary N) is 1. The minimum atomic E-state index is 0.823. The lowest BCUT2D eigenvalue weighted by Crippen LogP contribution is -2.21. The SMILES string of the molecule is C[C@H]1CCC[C@H](CNc2ccccc2N)C1. The van der Waals surface area contributed by atoms with Crippen LogP contribution in [0.2, 0.25) is 0 Å². The second-order valence-corrected chi connectivity index (χ2v) is 5.11. The predicted octanol–water partition coefficient (Wildman–Crippen LogP) is 3.51. The first-order valence-corrected chi connectivity index (χ1v) is 6.34. The zero-order valence-electron chi connectivity index (χ0n) is 10.1. The maximum Gasteiger partial charge on any atom is 0.0573 e. The van der Waals surface area contributed by atoms with Crippen molar-refractivity contribution < 1.29 is 0 Å². The topological polar surface area (TPSA) is 38.0 Å². The summed E-state index contributed by atoms with van der Waals surface area (Å²) in [6.45, 7) is 3.43. The molecule has 2 nitrogen and oxygen atoms in total. The van der Waals surface area contributed by atoms with Gasteiger partial charge < -0.3 is 11.1 Å². The van der Waals surface area contributed by atoms with Crippen molar-refractivity contribution in [3.05, 3.63) is 24.3 Å². The fourth-order valence-corrected chi connectivity index (χ4v) is 2.66. The van der Waals surface area contributed by atoms with Crippen molar-refractivity contribution in [2.75, 3.05) is 17.6 Å². The molecule has 0 amide bonds. The van der Waals surface area contributed by atoms with Crippen LogP contribution in [0.15, 0.2) is 24.3 Å². The van der Waals surface area contributed by atoms with Gasteiger partial charge in [-0.3, -0.25) is 0 Å². The number of rotatable bonds is 3. The normalized spacial score (nSPS) is 25.3. The molecule has 0 bridgehead atoms. The van der Waals surface area contributed by atoms with Crippen LogP contribution in [0.1, 0.15) is 32.6 Å². The summed E-state index contributed by atoms with van der Waals surface area (Å²) in [6.07, 6.45) is 5.52. The summed E-state index contributed by atoms with van der Waals surface area (Å²) in [4.78, 5) is 0. The third kappa shape index (κ3) is 2.91. The van der Waals surface area contributed by atoms with Gasteiger partial charge in [-0.15, -0.1) is 0 Å². The number of nitrogen functional groups attached to an aromatic ring is 1. The van der Waals surface area contributed by atoms with E-state index < -0.39 is 0 Å². The minimum absolute atomic E-state index is 0.823. The van der Waals surface area contributed by atoms with E-state index in [1.807, 2.05) is 18.2 Å². The standard InChI is InChI=1S/C14H22N2/c1-11-5-4-6-12(9-11)10-16-14-8-3-2-7-13(14)15/h2-3,7-8,11-12,16H,4-6,9-10,15H2,1H3/t11-,12-/m0/s1. The van der Waals surface area contributed by atoms with Crippen LogP contribution in [0.3, 0.4) is 0 Å². The molecule has 2 rings (SSSR count). The molecule has 1 aromatic rings. The molecule has 1 aromatic carbocycles. The van der Waals surface area contributed by atoms with Gasteiger partial charge in [0.05, 0.1) is 11.4 Å². The molecule has 0 saturated heterocycles. The van der Waals surface area contributed by atoms with E-state index in [1.165, 1.54) is 25.7 Å². The molecular formula is C14H22N2. The summed E-state index contributed by atoms with van der Waals surface area (Å²) in [5.74, 6) is 1.72. The van der Waals surface area contributed by atoms with Crippen molar-refractivity contribution >= 4 is 11.4 Å². The van der Waals surface area contributed by atoms with E-state index in [-0.39, 0.29) is 0 Å². The lowest BCUT2D eigenvalue weighted by Gasteiger charge is -2.27. The Bertz CT molecular complexity index is 335. The molecule has 1 aliphatic rings. The molecule has 0 aromatic heterocycles. The Hall–Kier alpha value is -1.18. The van der Waals surface area contributed by atoms with E-state index in [0.717, 1.165) is 29.8 Å². The van der Waals surface area contributed by atoms with E-state index in [0.29, 0.717) is 0 Å². The summed E-state index contributed by atoms with van der Waals surface area (Å²) in [7, 11) is 0. The monoisotopic (exact) mass is 218 g/mol. The van der Waals surface area contributed by atoms with Gasteiger partial charge in [0.1, 0.15) is 0 Å². The molecule has 3 N–H and O–H groups in total. The van der Waals surface area contributed by atoms with Crippen molar-refractivity contribution in [3.8, 4) is 0 Å². The lowest BCUT2D eigenvalue weighted by molar-refractivity contribution is 0.293. The van der Waals surface area contributed by atoms with Gasteiger partial charge >= 0.3 is 0 Å². The Morgan fingerprint density at radius 3 is 2.88 bits per heavy atom. The van der Waals surface area contributed by atoms with Gasteiger partial charge in [0.2, 0.25) is 0 Å². The number of para-hydroxylation sites is 2. The smallest absolute Gasteiger partial charge is 0.0573 e. The average Bonchev–Trinajstić information content (AvgIpc) is 2.28. The maximum atomic E-state index is 5.90. The zero-order valence-corrected chi connectivity index (χ0v) is 10.1. The molecule has 2 atom stereocenters.